The molecule has 0 aromatic heterocycles. The van der Waals surface area contributed by atoms with Crippen molar-refractivity contribution in [3.8, 4) is 0 Å². The Labute approximate surface area is 335 Å². The van der Waals surface area contributed by atoms with Crippen molar-refractivity contribution in [3.63, 3.8) is 0 Å². The van der Waals surface area contributed by atoms with Crippen molar-refractivity contribution < 1.29 is 38.3 Å². The third-order valence-electron chi connectivity index (χ3n) is 6.68. The first-order valence-corrected chi connectivity index (χ1v) is 18.1. The van der Waals surface area contributed by atoms with Crippen molar-refractivity contribution in [1.82, 2.24) is 11.0 Å². The van der Waals surface area contributed by atoms with Gasteiger partial charge in [0.2, 0.25) is 0 Å². The zero-order valence-corrected chi connectivity index (χ0v) is 33.9. The Bertz CT molecular complexity index is 1870. The molecular formula is C34H33Cl3F2I2N4O6. The first kappa shape index (κ1) is 42.9. The van der Waals surface area contributed by atoms with Crippen molar-refractivity contribution in [2.75, 3.05) is 37.1 Å². The zero-order chi connectivity index (χ0) is 37.9. The Hall–Kier alpha value is -2.55. The molecule has 6 N–H and O–H groups in total. The van der Waals surface area contributed by atoms with Gasteiger partial charge in [-0.15, -0.1) is 0 Å². The first-order valence-electron chi connectivity index (χ1n) is 14.8. The van der Waals surface area contributed by atoms with E-state index >= 15 is 0 Å². The summed E-state index contributed by atoms with van der Waals surface area (Å²) in [5.74, 6) is -2.54. The average molecular weight is 992 g/mol. The largest absolute Gasteiger partial charge is 0.396 e. The lowest BCUT2D eigenvalue weighted by molar-refractivity contribution is -0.0197. The molecule has 0 saturated heterocycles. The Morgan fingerprint density at radius 3 is 1.71 bits per heavy atom. The van der Waals surface area contributed by atoms with Crippen LogP contribution in [0.1, 0.15) is 40.1 Å². The maximum atomic E-state index is 14.0. The SMILES string of the molecule is Cc1cc(I)ccc1Nc1cc(F)c(Cl)cc1C(=O)NOCC(C)(C)CO.O=C(NOCCO)c1cc(Cl)c(F)cc1Nc1ccc(I)cc1Cl. The molecule has 0 radical (unpaired) electrons. The number of carbonyl (C=O) groups excluding carboxylic acids is 2. The molecule has 51 heavy (non-hydrogen) atoms. The molecule has 10 nitrogen and oxygen atoms in total. The molecule has 0 atom stereocenters. The highest BCUT2D eigenvalue weighted by atomic mass is 127. The van der Waals surface area contributed by atoms with Gasteiger partial charge in [-0.3, -0.25) is 19.3 Å². The number of amides is 2. The van der Waals surface area contributed by atoms with Crippen LogP contribution in [0.3, 0.4) is 0 Å². The van der Waals surface area contributed by atoms with E-state index in [2.05, 4.69) is 66.8 Å². The van der Waals surface area contributed by atoms with Gasteiger partial charge in [0.05, 0.1) is 69.7 Å². The normalized spacial score (nSPS) is 11.0. The van der Waals surface area contributed by atoms with E-state index in [4.69, 9.17) is 49.6 Å². The monoisotopic (exact) mass is 990 g/mol. The summed E-state index contributed by atoms with van der Waals surface area (Å²) in [5, 5.41) is 23.9. The van der Waals surface area contributed by atoms with Crippen molar-refractivity contribution >= 4 is 115 Å². The molecule has 2 amide bonds. The van der Waals surface area contributed by atoms with E-state index in [9.17, 15) is 23.5 Å². The van der Waals surface area contributed by atoms with Gasteiger partial charge in [-0.2, -0.15) is 0 Å². The van der Waals surface area contributed by atoms with E-state index in [0.717, 1.165) is 24.5 Å². The Morgan fingerprint density at radius 2 is 1.22 bits per heavy atom. The van der Waals surface area contributed by atoms with Crippen LogP contribution in [0.15, 0.2) is 60.7 Å². The molecule has 0 bridgehead atoms. The molecule has 0 saturated carbocycles. The molecule has 17 heteroatoms. The Kier molecular flexibility index (Phi) is 16.9. The minimum atomic E-state index is -0.686. The number of aryl methyl sites for hydroxylation is 1. The minimum Gasteiger partial charge on any atom is -0.396 e. The van der Waals surface area contributed by atoms with E-state index in [-0.39, 0.29) is 59.0 Å². The number of halogens is 7. The summed E-state index contributed by atoms with van der Waals surface area (Å²) >= 11 is 22.1. The second-order valence-electron chi connectivity index (χ2n) is 11.5. The first-order chi connectivity index (χ1) is 24.0. The van der Waals surface area contributed by atoms with Gasteiger partial charge < -0.3 is 20.8 Å². The quantitative estimate of drug-likeness (QED) is 0.0444. The molecule has 0 aliphatic carbocycles. The number of aliphatic hydroxyl groups is 2. The molecule has 0 fully saturated rings. The van der Waals surface area contributed by atoms with Gasteiger partial charge in [-0.25, -0.2) is 19.7 Å². The predicted molar refractivity (Wildman–Crippen MR) is 212 cm³/mol. The van der Waals surface area contributed by atoms with E-state index in [1.165, 1.54) is 18.2 Å². The van der Waals surface area contributed by atoms with Gasteiger partial charge in [0, 0.05) is 18.2 Å². The van der Waals surface area contributed by atoms with Gasteiger partial charge in [-0.05, 0) is 118 Å². The number of carbonyl (C=O) groups is 2. The third kappa shape index (κ3) is 13.1. The number of hydroxylamine groups is 2. The molecule has 0 heterocycles. The third-order valence-corrected chi connectivity index (χ3v) is 8.92. The highest BCUT2D eigenvalue weighted by molar-refractivity contribution is 14.1. The highest BCUT2D eigenvalue weighted by Crippen LogP contribution is 2.32. The van der Waals surface area contributed by atoms with Crippen molar-refractivity contribution in [2.24, 2.45) is 5.41 Å². The maximum Gasteiger partial charge on any atom is 0.277 e. The van der Waals surface area contributed by atoms with Crippen LogP contribution in [0.4, 0.5) is 31.5 Å². The Balaban J connectivity index is 0.000000277. The number of hydrogen-bond donors (Lipinski definition) is 6. The van der Waals surface area contributed by atoms with E-state index in [0.29, 0.717) is 10.7 Å². The molecule has 4 aromatic carbocycles. The summed E-state index contributed by atoms with van der Waals surface area (Å²) in [6.07, 6.45) is 0. The number of aliphatic hydroxyl groups excluding tert-OH is 2. The number of hydrogen-bond acceptors (Lipinski definition) is 8. The summed E-state index contributed by atoms with van der Waals surface area (Å²) in [7, 11) is 0. The molecule has 4 aromatic rings. The summed E-state index contributed by atoms with van der Waals surface area (Å²) in [4.78, 5) is 34.6. The topological polar surface area (TPSA) is 141 Å². The second kappa shape index (κ2) is 20.1. The zero-order valence-electron chi connectivity index (χ0n) is 27.3. The number of benzene rings is 4. The number of anilines is 4. The van der Waals surface area contributed by atoms with Crippen LogP contribution >= 0.6 is 80.0 Å². The number of nitrogens with one attached hydrogen (secondary N) is 4. The predicted octanol–water partition coefficient (Wildman–Crippen LogP) is 8.95. The van der Waals surface area contributed by atoms with Crippen LogP contribution in [-0.2, 0) is 9.68 Å². The molecule has 274 valence electrons. The maximum absolute atomic E-state index is 14.0. The van der Waals surface area contributed by atoms with E-state index in [1.54, 1.807) is 26.0 Å². The fourth-order valence-corrected chi connectivity index (χ4v) is 5.82. The summed E-state index contributed by atoms with van der Waals surface area (Å²) in [6, 6.07) is 15.7. The molecular weight excluding hydrogens is 959 g/mol. The van der Waals surface area contributed by atoms with Crippen LogP contribution in [0, 0.1) is 31.1 Å². The molecule has 0 aliphatic rings. The van der Waals surface area contributed by atoms with Crippen molar-refractivity contribution in [1.29, 1.82) is 0 Å². The van der Waals surface area contributed by atoms with Crippen LogP contribution in [0.5, 0.6) is 0 Å². The van der Waals surface area contributed by atoms with Crippen LogP contribution in [-0.4, -0.2) is 48.5 Å². The summed E-state index contributed by atoms with van der Waals surface area (Å²) in [5.41, 5.74) is 6.79. The van der Waals surface area contributed by atoms with E-state index in [1.807, 2.05) is 31.2 Å². The average Bonchev–Trinajstić information content (AvgIpc) is 3.07. The lowest BCUT2D eigenvalue weighted by Crippen LogP contribution is -2.32. The summed E-state index contributed by atoms with van der Waals surface area (Å²) < 4.78 is 29.8. The van der Waals surface area contributed by atoms with Gasteiger partial charge in [0.1, 0.15) is 11.6 Å². The van der Waals surface area contributed by atoms with Crippen LogP contribution in [0.25, 0.3) is 0 Å². The summed E-state index contributed by atoms with van der Waals surface area (Å²) in [6.45, 7) is 5.19. The second-order valence-corrected chi connectivity index (χ2v) is 15.2. The standard InChI is InChI=1S/C19H21ClFIN2O3.C15H12Cl2FIN2O3/c1-11-6-12(22)4-5-16(11)23-17-8-15(21)14(20)7-13(17)18(26)24-27-10-19(2,3)9-25;16-10-6-9(15(23)21-24-4-3-22)14(7-12(10)18)20-13-2-1-8(19)5-11(13)17/h4-8,23,25H,9-10H2,1-3H3,(H,24,26);1-2,5-7,20,22H,3-4H2,(H,21,23). The van der Waals surface area contributed by atoms with Gasteiger partial charge in [-0.1, -0.05) is 48.7 Å². The van der Waals surface area contributed by atoms with Crippen molar-refractivity contribution in [3.05, 3.63) is 111 Å². The van der Waals surface area contributed by atoms with Gasteiger partial charge in [0.25, 0.3) is 11.8 Å². The fraction of sp³-hybridized carbons (Fsp3) is 0.235. The fourth-order valence-electron chi connectivity index (χ4n) is 3.94. The molecule has 0 unspecified atom stereocenters. The Morgan fingerprint density at radius 1 is 0.725 bits per heavy atom. The molecule has 4 rings (SSSR count). The van der Waals surface area contributed by atoms with Crippen molar-refractivity contribution in [2.45, 2.75) is 20.8 Å². The highest BCUT2D eigenvalue weighted by Gasteiger charge is 2.21. The van der Waals surface area contributed by atoms with Crippen LogP contribution < -0.4 is 21.6 Å². The molecule has 0 aliphatic heterocycles. The lowest BCUT2D eigenvalue weighted by atomic mass is 9.97. The van der Waals surface area contributed by atoms with Gasteiger partial charge >= 0.3 is 0 Å². The van der Waals surface area contributed by atoms with E-state index < -0.39 is 28.9 Å². The smallest absolute Gasteiger partial charge is 0.277 e. The minimum absolute atomic E-state index is 0.0638. The lowest BCUT2D eigenvalue weighted by Gasteiger charge is -2.21. The van der Waals surface area contributed by atoms with Crippen LogP contribution in [0.2, 0.25) is 15.1 Å². The van der Waals surface area contributed by atoms with Gasteiger partial charge in [0.15, 0.2) is 0 Å². The number of rotatable bonds is 13. The molecule has 0 spiro atoms.